The van der Waals surface area contributed by atoms with E-state index in [4.69, 9.17) is 11.6 Å². The van der Waals surface area contributed by atoms with Crippen LogP contribution in [0.3, 0.4) is 0 Å². The molecule has 126 valence electrons. The maximum atomic E-state index is 12.3. The number of nitrogens with zero attached hydrogens (tertiary/aromatic N) is 1. The molecule has 1 N–H and O–H groups in total. The van der Waals surface area contributed by atoms with Gasteiger partial charge in [-0.15, -0.1) is 0 Å². The first-order valence-electron chi connectivity index (χ1n) is 7.55. The molecule has 1 amide bonds. The lowest BCUT2D eigenvalue weighted by Crippen LogP contribution is -2.25. The molecule has 0 spiro atoms. The first-order chi connectivity index (χ1) is 11.4. The van der Waals surface area contributed by atoms with Gasteiger partial charge in [-0.3, -0.25) is 9.10 Å². The maximum Gasteiger partial charge on any atom is 0.255 e. The summed E-state index contributed by atoms with van der Waals surface area (Å²) in [5, 5.41) is 3.23. The smallest absolute Gasteiger partial charge is 0.255 e. The molecule has 3 rings (SSSR count). The van der Waals surface area contributed by atoms with Crippen molar-refractivity contribution in [3.8, 4) is 0 Å². The van der Waals surface area contributed by atoms with Crippen molar-refractivity contribution < 1.29 is 13.2 Å². The van der Waals surface area contributed by atoms with Crippen LogP contribution >= 0.6 is 11.6 Å². The minimum absolute atomic E-state index is 0.168. The van der Waals surface area contributed by atoms with Crippen LogP contribution in [0.15, 0.2) is 42.5 Å². The molecule has 0 atom stereocenters. The van der Waals surface area contributed by atoms with Crippen molar-refractivity contribution in [3.63, 3.8) is 0 Å². The van der Waals surface area contributed by atoms with E-state index in [1.807, 2.05) is 13.0 Å². The quantitative estimate of drug-likeness (QED) is 0.907. The Balaban J connectivity index is 1.77. The van der Waals surface area contributed by atoms with E-state index in [2.05, 4.69) is 5.32 Å². The Labute approximate surface area is 146 Å². The van der Waals surface area contributed by atoms with Gasteiger partial charge in [0, 0.05) is 12.1 Å². The molecule has 2 aromatic carbocycles. The Morgan fingerprint density at radius 3 is 2.46 bits per heavy atom. The van der Waals surface area contributed by atoms with Crippen molar-refractivity contribution >= 4 is 38.9 Å². The molecule has 0 radical (unpaired) electrons. The highest BCUT2D eigenvalue weighted by molar-refractivity contribution is 7.93. The van der Waals surface area contributed by atoms with Gasteiger partial charge in [-0.25, -0.2) is 8.42 Å². The van der Waals surface area contributed by atoms with Gasteiger partial charge < -0.3 is 5.32 Å². The zero-order valence-electron chi connectivity index (χ0n) is 13.1. The number of aryl methyl sites for hydroxylation is 1. The number of hydrogen-bond acceptors (Lipinski definition) is 3. The second-order valence-electron chi connectivity index (χ2n) is 5.73. The largest absolute Gasteiger partial charge is 0.321 e. The molecular formula is C17H17ClN2O3S. The average molecular weight is 365 g/mol. The second-order valence-corrected chi connectivity index (χ2v) is 8.15. The zero-order chi connectivity index (χ0) is 17.3. The highest BCUT2D eigenvalue weighted by atomic mass is 35.5. The van der Waals surface area contributed by atoms with Gasteiger partial charge in [0.05, 0.1) is 22.2 Å². The molecule has 0 saturated carbocycles. The van der Waals surface area contributed by atoms with Crippen LogP contribution in [0.5, 0.6) is 0 Å². The number of hydrogen-bond donors (Lipinski definition) is 1. The van der Waals surface area contributed by atoms with E-state index in [9.17, 15) is 13.2 Å². The Bertz CT molecular complexity index is 879. The third-order valence-corrected chi connectivity index (χ3v) is 6.07. The summed E-state index contributed by atoms with van der Waals surface area (Å²) in [6.45, 7) is 2.40. The summed E-state index contributed by atoms with van der Waals surface area (Å²) < 4.78 is 25.2. The van der Waals surface area contributed by atoms with Crippen LogP contribution < -0.4 is 9.62 Å². The van der Waals surface area contributed by atoms with Gasteiger partial charge in [-0.1, -0.05) is 17.7 Å². The standard InChI is InChI=1S/C17H17ClN2O3S/c1-12-3-8-16(15(18)11-12)19-17(21)13-4-6-14(7-5-13)20-9-2-10-24(20,22)23/h3-8,11H,2,9-10H2,1H3,(H,19,21). The molecular weight excluding hydrogens is 348 g/mol. The molecule has 1 saturated heterocycles. The van der Waals surface area contributed by atoms with E-state index < -0.39 is 10.0 Å². The summed E-state index contributed by atoms with van der Waals surface area (Å²) in [5.74, 6) is -0.127. The number of anilines is 2. The van der Waals surface area contributed by atoms with E-state index in [1.54, 1.807) is 36.4 Å². The van der Waals surface area contributed by atoms with E-state index in [0.717, 1.165) is 5.56 Å². The van der Waals surface area contributed by atoms with Crippen LogP contribution in [0.2, 0.25) is 5.02 Å². The number of carbonyl (C=O) groups is 1. The molecule has 1 heterocycles. The summed E-state index contributed by atoms with van der Waals surface area (Å²) in [7, 11) is -3.22. The third kappa shape index (κ3) is 3.39. The minimum Gasteiger partial charge on any atom is -0.321 e. The molecule has 0 aromatic heterocycles. The molecule has 0 bridgehead atoms. The van der Waals surface area contributed by atoms with Crippen molar-refractivity contribution in [3.05, 3.63) is 58.6 Å². The number of sulfonamides is 1. The highest BCUT2D eigenvalue weighted by Crippen LogP contribution is 2.26. The molecule has 1 aliphatic rings. The van der Waals surface area contributed by atoms with E-state index in [-0.39, 0.29) is 11.7 Å². The normalized spacial score (nSPS) is 16.2. The zero-order valence-corrected chi connectivity index (χ0v) is 14.7. The minimum atomic E-state index is -3.22. The Kier molecular flexibility index (Phi) is 4.51. The summed E-state index contributed by atoms with van der Waals surface area (Å²) >= 11 is 6.12. The Hall–Kier alpha value is -2.05. The van der Waals surface area contributed by atoms with Gasteiger partial charge in [0.25, 0.3) is 5.91 Å². The predicted molar refractivity (Wildman–Crippen MR) is 96.3 cm³/mol. The SMILES string of the molecule is Cc1ccc(NC(=O)c2ccc(N3CCCS3(=O)=O)cc2)c(Cl)c1. The fraction of sp³-hybridized carbons (Fsp3) is 0.235. The lowest BCUT2D eigenvalue weighted by Gasteiger charge is -2.17. The van der Waals surface area contributed by atoms with E-state index >= 15 is 0 Å². The van der Waals surface area contributed by atoms with Gasteiger partial charge in [0.15, 0.2) is 0 Å². The Morgan fingerprint density at radius 1 is 1.17 bits per heavy atom. The summed E-state index contributed by atoms with van der Waals surface area (Å²) in [6.07, 6.45) is 0.622. The fourth-order valence-electron chi connectivity index (χ4n) is 2.62. The van der Waals surface area contributed by atoms with Crippen LogP contribution in [-0.4, -0.2) is 26.6 Å². The van der Waals surface area contributed by atoms with Gasteiger partial charge in [-0.05, 0) is 55.3 Å². The van der Waals surface area contributed by atoms with Crippen LogP contribution in [0, 0.1) is 6.92 Å². The van der Waals surface area contributed by atoms with E-state index in [0.29, 0.717) is 34.9 Å². The number of amides is 1. The molecule has 5 nitrogen and oxygen atoms in total. The summed E-state index contributed by atoms with van der Waals surface area (Å²) in [5.41, 5.74) is 2.57. The Morgan fingerprint density at radius 2 is 1.88 bits per heavy atom. The van der Waals surface area contributed by atoms with Crippen molar-refractivity contribution in [1.29, 1.82) is 0 Å². The third-order valence-electron chi connectivity index (χ3n) is 3.89. The van der Waals surface area contributed by atoms with Crippen molar-refractivity contribution in [2.75, 3.05) is 21.9 Å². The molecule has 0 unspecified atom stereocenters. The number of benzene rings is 2. The topological polar surface area (TPSA) is 66.5 Å². The summed E-state index contributed by atoms with van der Waals surface area (Å²) in [4.78, 5) is 12.3. The number of carbonyl (C=O) groups excluding carboxylic acids is 1. The van der Waals surface area contributed by atoms with Gasteiger partial charge in [0.2, 0.25) is 10.0 Å². The van der Waals surface area contributed by atoms with Gasteiger partial charge in [-0.2, -0.15) is 0 Å². The number of nitrogens with one attached hydrogen (secondary N) is 1. The first-order valence-corrected chi connectivity index (χ1v) is 9.53. The average Bonchev–Trinajstić information content (AvgIpc) is 2.89. The van der Waals surface area contributed by atoms with Crippen LogP contribution in [0.4, 0.5) is 11.4 Å². The molecule has 7 heteroatoms. The van der Waals surface area contributed by atoms with E-state index in [1.165, 1.54) is 4.31 Å². The number of rotatable bonds is 3. The molecule has 1 aliphatic heterocycles. The lowest BCUT2D eigenvalue weighted by molar-refractivity contribution is 0.102. The van der Waals surface area contributed by atoms with Crippen molar-refractivity contribution in [1.82, 2.24) is 0 Å². The monoisotopic (exact) mass is 364 g/mol. The lowest BCUT2D eigenvalue weighted by atomic mass is 10.1. The van der Waals surface area contributed by atoms with Gasteiger partial charge in [0.1, 0.15) is 0 Å². The summed E-state index contributed by atoms with van der Waals surface area (Å²) in [6, 6.07) is 11.9. The van der Waals surface area contributed by atoms with Crippen LogP contribution in [0.25, 0.3) is 0 Å². The van der Waals surface area contributed by atoms with Crippen molar-refractivity contribution in [2.24, 2.45) is 0 Å². The molecule has 0 aliphatic carbocycles. The van der Waals surface area contributed by atoms with Gasteiger partial charge >= 0.3 is 0 Å². The predicted octanol–water partition coefficient (Wildman–Crippen LogP) is 3.44. The highest BCUT2D eigenvalue weighted by Gasteiger charge is 2.28. The second kappa shape index (κ2) is 6.45. The molecule has 1 fully saturated rings. The molecule has 24 heavy (non-hydrogen) atoms. The van der Waals surface area contributed by atoms with Crippen LogP contribution in [-0.2, 0) is 10.0 Å². The van der Waals surface area contributed by atoms with Crippen molar-refractivity contribution in [2.45, 2.75) is 13.3 Å². The number of halogens is 1. The maximum absolute atomic E-state index is 12.3. The first kappa shape index (κ1) is 16.8. The molecule has 2 aromatic rings. The fourth-order valence-corrected chi connectivity index (χ4v) is 4.47. The van der Waals surface area contributed by atoms with Crippen LogP contribution in [0.1, 0.15) is 22.3 Å².